The molecule has 0 aromatic heterocycles. The smallest absolute Gasteiger partial charge is 0.438 e. The van der Waals surface area contributed by atoms with Gasteiger partial charge in [0.05, 0.1) is 6.54 Å². The van der Waals surface area contributed by atoms with E-state index in [9.17, 15) is 22.8 Å². The molecule has 1 amide bonds. The van der Waals surface area contributed by atoms with Crippen LogP contribution in [0.15, 0.2) is 30.3 Å². The van der Waals surface area contributed by atoms with Crippen molar-refractivity contribution in [3.05, 3.63) is 30.3 Å². The van der Waals surface area contributed by atoms with Gasteiger partial charge in [0, 0.05) is 31.4 Å². The van der Waals surface area contributed by atoms with E-state index in [0.717, 1.165) is 37.8 Å². The average Bonchev–Trinajstić information content (AvgIpc) is 2.70. The molecule has 1 atom stereocenters. The number of halogens is 3. The van der Waals surface area contributed by atoms with Gasteiger partial charge in [-0.1, -0.05) is 37.5 Å². The lowest BCUT2D eigenvalue weighted by Crippen LogP contribution is -2.57. The molecular formula is C20H26F3N3O3. The highest BCUT2D eigenvalue weighted by atomic mass is 19.4. The maximum Gasteiger partial charge on any atom is 0.490 e. The molecule has 160 valence electrons. The van der Waals surface area contributed by atoms with Crippen LogP contribution in [0, 0.1) is 0 Å². The van der Waals surface area contributed by atoms with E-state index < -0.39 is 18.4 Å². The first-order valence-electron chi connectivity index (χ1n) is 9.96. The van der Waals surface area contributed by atoms with Crippen molar-refractivity contribution >= 4 is 17.6 Å². The van der Waals surface area contributed by atoms with Crippen LogP contribution in [0.3, 0.4) is 0 Å². The number of alkyl halides is 3. The van der Waals surface area contributed by atoms with Crippen molar-refractivity contribution in [2.75, 3.05) is 31.1 Å². The van der Waals surface area contributed by atoms with Crippen LogP contribution in [0.4, 0.5) is 18.9 Å². The Morgan fingerprint density at radius 1 is 1.14 bits per heavy atom. The fraction of sp³-hybridized carbons (Fsp3) is 0.600. The molecule has 0 radical (unpaired) electrons. The number of benzene rings is 1. The number of nitrogens with zero attached hydrogens (tertiary/aromatic N) is 2. The largest absolute Gasteiger partial charge is 0.490 e. The number of para-hydroxylation sites is 1. The summed E-state index contributed by atoms with van der Waals surface area (Å²) in [6, 6.07) is 9.39. The quantitative estimate of drug-likeness (QED) is 0.753. The summed E-state index contributed by atoms with van der Waals surface area (Å²) in [5.74, 6) is -2.44. The molecule has 1 aromatic rings. The zero-order valence-electron chi connectivity index (χ0n) is 16.2. The number of hydrogen-bond acceptors (Lipinski definition) is 5. The molecule has 9 heteroatoms. The molecule has 1 heterocycles. The van der Waals surface area contributed by atoms with Gasteiger partial charge in [0.1, 0.15) is 0 Å². The zero-order valence-corrected chi connectivity index (χ0v) is 16.2. The van der Waals surface area contributed by atoms with Crippen molar-refractivity contribution in [2.24, 2.45) is 0 Å². The second-order valence-electron chi connectivity index (χ2n) is 7.42. The lowest BCUT2D eigenvalue weighted by atomic mass is 9.93. The summed E-state index contributed by atoms with van der Waals surface area (Å²) in [5.41, 5.74) is 0.781. The number of ether oxygens (including phenoxy) is 1. The van der Waals surface area contributed by atoms with Gasteiger partial charge in [-0.05, 0) is 25.0 Å². The Hall–Kier alpha value is -2.13. The Morgan fingerprint density at radius 2 is 1.83 bits per heavy atom. The normalized spacial score (nSPS) is 21.6. The van der Waals surface area contributed by atoms with Gasteiger partial charge >= 0.3 is 12.1 Å². The van der Waals surface area contributed by atoms with E-state index in [2.05, 4.69) is 10.1 Å². The number of rotatable bonds is 5. The van der Waals surface area contributed by atoms with E-state index in [1.807, 2.05) is 30.3 Å². The van der Waals surface area contributed by atoms with Crippen molar-refractivity contribution in [2.45, 2.75) is 50.6 Å². The minimum atomic E-state index is -5.06. The molecule has 3 rings (SSSR count). The van der Waals surface area contributed by atoms with Crippen molar-refractivity contribution in [3.63, 3.8) is 0 Å². The van der Waals surface area contributed by atoms with Gasteiger partial charge in [-0.15, -0.1) is 0 Å². The van der Waals surface area contributed by atoms with Crippen LogP contribution in [0.5, 0.6) is 0 Å². The molecule has 1 saturated carbocycles. The molecule has 1 aliphatic heterocycles. The molecule has 1 N–H and O–H groups in total. The standard InChI is InChI=1S/C20H26F3N3O3/c21-20(22,23)19(28)29-18-13-24-11-12-25(18)14-17(27)26(15-7-3-1-4-8-15)16-9-5-2-6-10-16/h1,3-4,7-8,16,18,24H,2,5-6,9-14H2. The third kappa shape index (κ3) is 5.70. The van der Waals surface area contributed by atoms with Crippen LogP contribution >= 0.6 is 0 Å². The van der Waals surface area contributed by atoms with Gasteiger partial charge in [-0.2, -0.15) is 13.2 Å². The molecule has 2 fully saturated rings. The fourth-order valence-electron chi connectivity index (χ4n) is 3.94. The highest BCUT2D eigenvalue weighted by Gasteiger charge is 2.43. The summed E-state index contributed by atoms with van der Waals surface area (Å²) < 4.78 is 42.4. The molecule has 6 nitrogen and oxygen atoms in total. The number of anilines is 1. The lowest BCUT2D eigenvalue weighted by molar-refractivity contribution is -0.213. The Morgan fingerprint density at radius 3 is 2.48 bits per heavy atom. The summed E-state index contributed by atoms with van der Waals surface area (Å²) in [4.78, 5) is 27.8. The van der Waals surface area contributed by atoms with E-state index in [1.54, 1.807) is 4.90 Å². The number of esters is 1. The summed E-state index contributed by atoms with van der Waals surface area (Å²) >= 11 is 0. The van der Waals surface area contributed by atoms with Gasteiger partial charge < -0.3 is 15.0 Å². The average molecular weight is 413 g/mol. The maximum absolute atomic E-state index is 13.2. The van der Waals surface area contributed by atoms with Gasteiger partial charge in [0.2, 0.25) is 5.91 Å². The number of nitrogens with one attached hydrogen (secondary N) is 1. The number of carbonyl (C=O) groups excluding carboxylic acids is 2. The van der Waals surface area contributed by atoms with Crippen LogP contribution in [0.1, 0.15) is 32.1 Å². The highest BCUT2D eigenvalue weighted by Crippen LogP contribution is 2.28. The van der Waals surface area contributed by atoms with Crippen molar-refractivity contribution in [3.8, 4) is 0 Å². The third-order valence-corrected chi connectivity index (χ3v) is 5.36. The van der Waals surface area contributed by atoms with Crippen molar-refractivity contribution in [1.82, 2.24) is 10.2 Å². The van der Waals surface area contributed by atoms with Gasteiger partial charge in [-0.3, -0.25) is 9.69 Å². The first-order chi connectivity index (χ1) is 13.9. The van der Waals surface area contributed by atoms with Crippen LogP contribution in [0.25, 0.3) is 0 Å². The Labute approximate surface area is 168 Å². The second kappa shape index (κ2) is 9.58. The SMILES string of the molecule is O=C(CN1CCNCC1OC(=O)C(F)(F)F)N(c1ccccc1)C1CCCCC1. The van der Waals surface area contributed by atoms with Crippen LogP contribution < -0.4 is 10.2 Å². The second-order valence-corrected chi connectivity index (χ2v) is 7.42. The molecule has 1 aliphatic carbocycles. The Balaban J connectivity index is 1.74. The maximum atomic E-state index is 13.2. The molecule has 2 aliphatic rings. The lowest BCUT2D eigenvalue weighted by Gasteiger charge is -2.39. The van der Waals surface area contributed by atoms with Gasteiger partial charge in [0.25, 0.3) is 0 Å². The molecular weight excluding hydrogens is 387 g/mol. The number of amides is 1. The first kappa shape index (κ1) is 21.6. The third-order valence-electron chi connectivity index (χ3n) is 5.36. The van der Waals surface area contributed by atoms with Crippen molar-refractivity contribution < 1.29 is 27.5 Å². The van der Waals surface area contributed by atoms with E-state index in [1.165, 1.54) is 4.90 Å². The molecule has 0 bridgehead atoms. The fourth-order valence-corrected chi connectivity index (χ4v) is 3.94. The Bertz CT molecular complexity index is 693. The number of piperazine rings is 1. The summed E-state index contributed by atoms with van der Waals surface area (Å²) in [7, 11) is 0. The van der Waals surface area contributed by atoms with Crippen LogP contribution in [-0.4, -0.2) is 61.4 Å². The number of carbonyl (C=O) groups is 2. The van der Waals surface area contributed by atoms with Gasteiger partial charge in [0.15, 0.2) is 6.23 Å². The summed E-state index contributed by atoms with van der Waals surface area (Å²) in [6.45, 7) is 0.754. The zero-order chi connectivity index (χ0) is 20.9. The minimum absolute atomic E-state index is 0.0455. The van der Waals surface area contributed by atoms with Crippen LogP contribution in [-0.2, 0) is 14.3 Å². The van der Waals surface area contributed by atoms with E-state index in [4.69, 9.17) is 0 Å². The molecule has 1 unspecified atom stereocenters. The monoisotopic (exact) mass is 413 g/mol. The van der Waals surface area contributed by atoms with E-state index >= 15 is 0 Å². The molecule has 1 aromatic carbocycles. The van der Waals surface area contributed by atoms with E-state index in [-0.39, 0.29) is 25.0 Å². The number of hydrogen-bond donors (Lipinski definition) is 1. The van der Waals surface area contributed by atoms with Gasteiger partial charge in [-0.25, -0.2) is 4.79 Å². The summed E-state index contributed by atoms with van der Waals surface area (Å²) in [5, 5.41) is 2.91. The highest BCUT2D eigenvalue weighted by molar-refractivity contribution is 5.95. The predicted molar refractivity (Wildman–Crippen MR) is 101 cm³/mol. The van der Waals surface area contributed by atoms with Crippen molar-refractivity contribution in [1.29, 1.82) is 0 Å². The first-order valence-corrected chi connectivity index (χ1v) is 9.96. The Kier molecular flexibility index (Phi) is 7.13. The summed E-state index contributed by atoms with van der Waals surface area (Å²) in [6.07, 6.45) is -1.18. The minimum Gasteiger partial charge on any atom is -0.438 e. The predicted octanol–water partition coefficient (Wildman–Crippen LogP) is 2.69. The topological polar surface area (TPSA) is 61.9 Å². The van der Waals surface area contributed by atoms with E-state index in [0.29, 0.717) is 13.1 Å². The molecule has 1 saturated heterocycles. The molecule has 29 heavy (non-hydrogen) atoms. The molecule has 0 spiro atoms. The van der Waals surface area contributed by atoms with Crippen LogP contribution in [0.2, 0.25) is 0 Å².